The fourth-order valence-corrected chi connectivity index (χ4v) is 4.54. The molecule has 2 amide bonds. The normalized spacial score (nSPS) is 29.6. The Hall–Kier alpha value is -1.85. The van der Waals surface area contributed by atoms with E-state index in [9.17, 15) is 9.59 Å². The van der Waals surface area contributed by atoms with Crippen molar-refractivity contribution in [1.82, 2.24) is 15.5 Å². The van der Waals surface area contributed by atoms with Crippen molar-refractivity contribution in [1.29, 1.82) is 0 Å². The molecule has 1 saturated carbocycles. The molecule has 4 unspecified atom stereocenters. The van der Waals surface area contributed by atoms with Crippen molar-refractivity contribution in [3.63, 3.8) is 0 Å². The van der Waals surface area contributed by atoms with Gasteiger partial charge in [0.15, 0.2) is 5.96 Å². The molecular formula is C20H32N4O2. The molecule has 0 aromatic carbocycles. The molecule has 0 radical (unpaired) electrons. The van der Waals surface area contributed by atoms with Crippen LogP contribution >= 0.6 is 0 Å². The number of carbonyl (C=O) groups is 2. The van der Waals surface area contributed by atoms with Gasteiger partial charge in [0, 0.05) is 26.2 Å². The zero-order valence-electron chi connectivity index (χ0n) is 16.0. The minimum absolute atomic E-state index is 0.0279. The average molecular weight is 361 g/mol. The van der Waals surface area contributed by atoms with Crippen LogP contribution in [-0.4, -0.2) is 48.9 Å². The van der Waals surface area contributed by atoms with Gasteiger partial charge in [0.25, 0.3) is 0 Å². The standard InChI is InChI=1S/C20H32N4O2/c1-3-5-6-7-10-22-20(21-4-2)23-11-12-24-18(25)16-14-8-9-15(13-14)17(16)19(24)26/h8-9,14-17H,3-7,10-13H2,1-2H3,(H2,21,22,23). The van der Waals surface area contributed by atoms with E-state index in [-0.39, 0.29) is 35.5 Å². The van der Waals surface area contributed by atoms with Crippen LogP contribution in [0.2, 0.25) is 0 Å². The number of rotatable bonds is 9. The molecule has 2 aliphatic carbocycles. The Labute approximate surface area is 156 Å². The van der Waals surface area contributed by atoms with Crippen molar-refractivity contribution in [3.05, 3.63) is 12.2 Å². The molecule has 2 bridgehead atoms. The van der Waals surface area contributed by atoms with E-state index in [0.717, 1.165) is 31.9 Å². The average Bonchev–Trinajstić information content (AvgIpc) is 3.31. The number of nitrogens with one attached hydrogen (secondary N) is 2. The second-order valence-corrected chi connectivity index (χ2v) is 7.58. The summed E-state index contributed by atoms with van der Waals surface area (Å²) >= 11 is 0. The van der Waals surface area contributed by atoms with Gasteiger partial charge in [-0.05, 0) is 31.6 Å². The van der Waals surface area contributed by atoms with Gasteiger partial charge < -0.3 is 10.6 Å². The number of likely N-dealkylation sites (tertiary alicyclic amines) is 1. The second-order valence-electron chi connectivity index (χ2n) is 7.58. The zero-order chi connectivity index (χ0) is 18.5. The largest absolute Gasteiger partial charge is 0.357 e. The van der Waals surface area contributed by atoms with Crippen LogP contribution in [0, 0.1) is 23.7 Å². The highest BCUT2D eigenvalue weighted by Gasteiger charge is 2.58. The third-order valence-electron chi connectivity index (χ3n) is 5.82. The van der Waals surface area contributed by atoms with Crippen LogP contribution in [0.3, 0.4) is 0 Å². The van der Waals surface area contributed by atoms with Crippen molar-refractivity contribution in [2.45, 2.75) is 46.0 Å². The van der Waals surface area contributed by atoms with Crippen molar-refractivity contribution in [2.75, 3.05) is 26.2 Å². The summed E-state index contributed by atoms with van der Waals surface area (Å²) in [6.07, 6.45) is 10.0. The monoisotopic (exact) mass is 360 g/mol. The number of hydrogen-bond donors (Lipinski definition) is 2. The number of allylic oxidation sites excluding steroid dienone is 2. The van der Waals surface area contributed by atoms with Crippen molar-refractivity contribution >= 4 is 17.8 Å². The van der Waals surface area contributed by atoms with E-state index in [1.165, 1.54) is 24.2 Å². The van der Waals surface area contributed by atoms with E-state index in [1.807, 2.05) is 6.92 Å². The lowest BCUT2D eigenvalue weighted by Crippen LogP contribution is -2.43. The summed E-state index contributed by atoms with van der Waals surface area (Å²) in [5.41, 5.74) is 0. The molecule has 2 N–H and O–H groups in total. The third kappa shape index (κ3) is 3.79. The fourth-order valence-electron chi connectivity index (χ4n) is 4.54. The van der Waals surface area contributed by atoms with Crippen LogP contribution in [0.5, 0.6) is 0 Å². The molecule has 26 heavy (non-hydrogen) atoms. The second kappa shape index (κ2) is 8.69. The molecule has 2 fully saturated rings. The van der Waals surface area contributed by atoms with Crippen molar-refractivity contribution in [3.8, 4) is 0 Å². The minimum atomic E-state index is -0.0991. The summed E-state index contributed by atoms with van der Waals surface area (Å²) in [7, 11) is 0. The highest BCUT2D eigenvalue weighted by atomic mass is 16.2. The number of carbonyl (C=O) groups excluding carboxylic acids is 2. The molecule has 1 aliphatic heterocycles. The summed E-state index contributed by atoms with van der Waals surface area (Å²) in [6.45, 7) is 6.79. The molecule has 4 atom stereocenters. The first-order valence-electron chi connectivity index (χ1n) is 10.2. The van der Waals surface area contributed by atoms with Crippen LogP contribution in [0.4, 0.5) is 0 Å². The maximum Gasteiger partial charge on any atom is 0.233 e. The summed E-state index contributed by atoms with van der Waals surface area (Å²) in [5.74, 6) is 1.18. The van der Waals surface area contributed by atoms with E-state index in [0.29, 0.717) is 13.1 Å². The van der Waals surface area contributed by atoms with E-state index in [1.54, 1.807) is 0 Å². The van der Waals surface area contributed by atoms with Crippen LogP contribution in [0.1, 0.15) is 46.0 Å². The fraction of sp³-hybridized carbons (Fsp3) is 0.750. The Balaban J connectivity index is 1.46. The van der Waals surface area contributed by atoms with E-state index < -0.39 is 0 Å². The minimum Gasteiger partial charge on any atom is -0.357 e. The van der Waals surface area contributed by atoms with E-state index in [2.05, 4.69) is 34.7 Å². The lowest BCUT2D eigenvalue weighted by Gasteiger charge is -2.18. The summed E-state index contributed by atoms with van der Waals surface area (Å²) < 4.78 is 0. The number of guanidine groups is 1. The predicted molar refractivity (Wildman–Crippen MR) is 103 cm³/mol. The third-order valence-corrected chi connectivity index (χ3v) is 5.82. The number of aliphatic imine (C=N–C) groups is 1. The zero-order valence-corrected chi connectivity index (χ0v) is 16.0. The summed E-state index contributed by atoms with van der Waals surface area (Å²) in [5, 5.41) is 6.49. The molecule has 3 rings (SSSR count). The van der Waals surface area contributed by atoms with Crippen LogP contribution < -0.4 is 10.6 Å². The molecule has 0 spiro atoms. The molecule has 6 heteroatoms. The molecule has 3 aliphatic rings. The van der Waals surface area contributed by atoms with Gasteiger partial charge in [-0.2, -0.15) is 0 Å². The highest BCUT2D eigenvalue weighted by molar-refractivity contribution is 6.06. The predicted octanol–water partition coefficient (Wildman–Crippen LogP) is 1.93. The van der Waals surface area contributed by atoms with E-state index in [4.69, 9.17) is 0 Å². The molecule has 1 saturated heterocycles. The van der Waals surface area contributed by atoms with E-state index >= 15 is 0 Å². The Bertz CT molecular complexity index is 556. The highest BCUT2D eigenvalue weighted by Crippen LogP contribution is 2.52. The molecule has 1 heterocycles. The molecule has 144 valence electrons. The molecule has 0 aromatic rings. The van der Waals surface area contributed by atoms with Crippen LogP contribution in [0.15, 0.2) is 17.1 Å². The molecule has 6 nitrogen and oxygen atoms in total. The van der Waals surface area contributed by atoms with Gasteiger partial charge in [-0.15, -0.1) is 0 Å². The Morgan fingerprint density at radius 3 is 2.38 bits per heavy atom. The lowest BCUT2D eigenvalue weighted by atomic mass is 9.85. The van der Waals surface area contributed by atoms with Crippen molar-refractivity contribution < 1.29 is 9.59 Å². The van der Waals surface area contributed by atoms with Crippen LogP contribution in [0.25, 0.3) is 0 Å². The topological polar surface area (TPSA) is 73.8 Å². The van der Waals surface area contributed by atoms with Gasteiger partial charge in [0.2, 0.25) is 11.8 Å². The number of unbranched alkanes of at least 4 members (excludes halogenated alkanes) is 3. The number of fused-ring (bicyclic) bond motifs is 5. The molecule has 0 aromatic heterocycles. The Morgan fingerprint density at radius 1 is 1.08 bits per heavy atom. The Kier molecular flexibility index (Phi) is 6.33. The number of hydrogen-bond acceptors (Lipinski definition) is 3. The molecular weight excluding hydrogens is 328 g/mol. The van der Waals surface area contributed by atoms with Gasteiger partial charge in [0.05, 0.1) is 11.8 Å². The summed E-state index contributed by atoms with van der Waals surface area (Å²) in [4.78, 5) is 31.4. The summed E-state index contributed by atoms with van der Waals surface area (Å²) in [6, 6.07) is 0. The first-order chi connectivity index (χ1) is 12.7. The van der Waals surface area contributed by atoms with Gasteiger partial charge in [-0.3, -0.25) is 19.5 Å². The van der Waals surface area contributed by atoms with Gasteiger partial charge in [0.1, 0.15) is 0 Å². The smallest absolute Gasteiger partial charge is 0.233 e. The van der Waals surface area contributed by atoms with Gasteiger partial charge >= 0.3 is 0 Å². The number of nitrogens with zero attached hydrogens (tertiary/aromatic N) is 2. The van der Waals surface area contributed by atoms with Crippen LogP contribution in [-0.2, 0) is 9.59 Å². The first kappa shape index (κ1) is 18.9. The maximum atomic E-state index is 12.7. The first-order valence-corrected chi connectivity index (χ1v) is 10.2. The van der Waals surface area contributed by atoms with Gasteiger partial charge in [-0.1, -0.05) is 38.3 Å². The SMILES string of the molecule is CCCCCCN=C(NCC)NCCN1C(=O)C2C3C=CC(C3)C2C1=O. The number of amides is 2. The number of imide groups is 1. The quantitative estimate of drug-likeness (QED) is 0.217. The maximum absolute atomic E-state index is 12.7. The van der Waals surface area contributed by atoms with Crippen molar-refractivity contribution in [2.24, 2.45) is 28.7 Å². The lowest BCUT2D eigenvalue weighted by molar-refractivity contribution is -0.140. The Morgan fingerprint density at radius 2 is 1.77 bits per heavy atom. The van der Waals surface area contributed by atoms with Gasteiger partial charge in [-0.25, -0.2) is 0 Å².